The van der Waals surface area contributed by atoms with Crippen LogP contribution in [0.15, 0.2) is 96.0 Å². The predicted molar refractivity (Wildman–Crippen MR) is 147 cm³/mol. The highest BCUT2D eigenvalue weighted by molar-refractivity contribution is 5.95. The molecule has 0 radical (unpaired) electrons. The molecule has 1 amide bonds. The van der Waals surface area contributed by atoms with Gasteiger partial charge in [-0.25, -0.2) is 0 Å². The first-order valence-electron chi connectivity index (χ1n) is 11.8. The maximum atomic E-state index is 12.9. The Morgan fingerprint density at radius 3 is 2.22 bits per heavy atom. The molecule has 7 nitrogen and oxygen atoms in total. The fourth-order valence-electron chi connectivity index (χ4n) is 3.98. The molecule has 0 aliphatic heterocycles. The molecule has 0 atom stereocenters. The number of nitrogens with zero attached hydrogens (tertiary/aromatic N) is 1. The van der Waals surface area contributed by atoms with E-state index in [0.29, 0.717) is 28.7 Å². The average molecular weight is 493 g/mol. The van der Waals surface area contributed by atoms with Gasteiger partial charge in [-0.15, -0.1) is 0 Å². The highest BCUT2D eigenvalue weighted by Gasteiger charge is 2.21. The molecule has 186 valence electrons. The smallest absolute Gasteiger partial charge is 0.224 e. The van der Waals surface area contributed by atoms with Crippen LogP contribution in [0.2, 0.25) is 0 Å². The van der Waals surface area contributed by atoms with Crippen LogP contribution in [0.1, 0.15) is 22.3 Å². The Balaban J connectivity index is 1.58. The maximum Gasteiger partial charge on any atom is 0.224 e. The molecule has 0 unspecified atom stereocenters. The van der Waals surface area contributed by atoms with Crippen molar-refractivity contribution >= 4 is 23.6 Å². The lowest BCUT2D eigenvalue weighted by molar-refractivity contribution is -0.120. The van der Waals surface area contributed by atoms with E-state index in [1.165, 1.54) is 6.07 Å². The molecule has 0 aliphatic rings. The van der Waals surface area contributed by atoms with E-state index in [-0.39, 0.29) is 41.9 Å². The summed E-state index contributed by atoms with van der Waals surface area (Å²) in [7, 11) is 0. The number of carbonyl (C=O) groups excluding carboxylic acids is 1. The Hall–Kier alpha value is -4.91. The first-order chi connectivity index (χ1) is 17.9. The SMILES string of the molecule is N=C(N)c1ccc(CNC(=O)Cc2c(O)c(N=CCc3ccccc3)cc(O)c2-c2ccccc2)cc1. The minimum absolute atomic E-state index is 0.0226. The van der Waals surface area contributed by atoms with Gasteiger partial charge in [0.1, 0.15) is 23.0 Å². The first-order valence-corrected chi connectivity index (χ1v) is 11.8. The zero-order valence-electron chi connectivity index (χ0n) is 20.2. The topological polar surface area (TPSA) is 132 Å². The number of nitrogen functional groups attached to an aromatic ring is 1. The van der Waals surface area contributed by atoms with E-state index in [9.17, 15) is 15.0 Å². The van der Waals surface area contributed by atoms with E-state index in [1.807, 2.05) is 60.7 Å². The van der Waals surface area contributed by atoms with Crippen LogP contribution < -0.4 is 11.1 Å². The lowest BCUT2D eigenvalue weighted by atomic mass is 9.94. The molecule has 4 aromatic rings. The van der Waals surface area contributed by atoms with Crippen molar-refractivity contribution in [3.8, 4) is 22.6 Å². The van der Waals surface area contributed by atoms with E-state index in [1.54, 1.807) is 30.5 Å². The van der Waals surface area contributed by atoms with Gasteiger partial charge in [-0.3, -0.25) is 15.2 Å². The second-order valence-electron chi connectivity index (χ2n) is 8.55. The van der Waals surface area contributed by atoms with E-state index in [4.69, 9.17) is 11.1 Å². The van der Waals surface area contributed by atoms with E-state index in [0.717, 1.165) is 11.1 Å². The molecular weight excluding hydrogens is 464 g/mol. The molecule has 0 fully saturated rings. The first kappa shape index (κ1) is 25.2. The zero-order chi connectivity index (χ0) is 26.2. The Morgan fingerprint density at radius 2 is 1.57 bits per heavy atom. The number of hydrogen-bond acceptors (Lipinski definition) is 5. The van der Waals surface area contributed by atoms with Gasteiger partial charge >= 0.3 is 0 Å². The van der Waals surface area contributed by atoms with Crippen molar-refractivity contribution in [2.45, 2.75) is 19.4 Å². The standard InChI is InChI=1S/C30H28N4O3/c31-30(32)23-13-11-21(12-14-23)19-34-27(36)17-24-28(22-9-5-2-6-10-22)26(35)18-25(29(24)37)33-16-15-20-7-3-1-4-8-20/h1-14,16,18,35,37H,15,17,19H2,(H3,31,32)(H,34,36). The lowest BCUT2D eigenvalue weighted by Gasteiger charge is -2.16. The normalized spacial score (nSPS) is 10.9. The highest BCUT2D eigenvalue weighted by atomic mass is 16.3. The van der Waals surface area contributed by atoms with Gasteiger partial charge in [0.05, 0.1) is 6.42 Å². The number of nitrogens with one attached hydrogen (secondary N) is 2. The van der Waals surface area contributed by atoms with Gasteiger partial charge in [0.15, 0.2) is 0 Å². The Kier molecular flexibility index (Phi) is 7.95. The summed E-state index contributed by atoms with van der Waals surface area (Å²) < 4.78 is 0. The van der Waals surface area contributed by atoms with Crippen molar-refractivity contribution in [3.05, 3.63) is 113 Å². The van der Waals surface area contributed by atoms with Gasteiger partial charge < -0.3 is 21.3 Å². The van der Waals surface area contributed by atoms with E-state index in [2.05, 4.69) is 10.3 Å². The summed E-state index contributed by atoms with van der Waals surface area (Å²) in [6.07, 6.45) is 2.07. The number of amides is 1. The van der Waals surface area contributed by atoms with Crippen LogP contribution in [0, 0.1) is 5.41 Å². The summed E-state index contributed by atoms with van der Waals surface area (Å²) >= 11 is 0. The number of phenolic OH excluding ortho intramolecular Hbond substituents is 2. The summed E-state index contributed by atoms with van der Waals surface area (Å²) in [4.78, 5) is 17.3. The summed E-state index contributed by atoms with van der Waals surface area (Å²) in [6.45, 7) is 0.263. The van der Waals surface area contributed by atoms with Crippen LogP contribution in [0.25, 0.3) is 11.1 Å². The number of phenols is 2. The second kappa shape index (κ2) is 11.7. The number of amidine groups is 1. The second-order valence-corrected chi connectivity index (χ2v) is 8.55. The number of rotatable bonds is 9. The molecular formula is C30H28N4O3. The molecule has 0 aliphatic carbocycles. The third-order valence-corrected chi connectivity index (χ3v) is 5.91. The Bertz CT molecular complexity index is 1420. The average Bonchev–Trinajstić information content (AvgIpc) is 2.91. The number of nitrogens with two attached hydrogens (primary N) is 1. The van der Waals surface area contributed by atoms with Crippen molar-refractivity contribution in [2.75, 3.05) is 0 Å². The summed E-state index contributed by atoms with van der Waals surface area (Å²) in [5.41, 5.74) is 9.55. The quantitative estimate of drug-likeness (QED) is 0.130. The van der Waals surface area contributed by atoms with Crippen LogP contribution in [-0.2, 0) is 24.2 Å². The fourth-order valence-corrected chi connectivity index (χ4v) is 3.98. The highest BCUT2D eigenvalue weighted by Crippen LogP contribution is 2.44. The van der Waals surface area contributed by atoms with Gasteiger partial charge in [-0.2, -0.15) is 0 Å². The predicted octanol–water partition coefficient (Wildman–Crippen LogP) is 4.85. The summed E-state index contributed by atoms with van der Waals surface area (Å²) in [5.74, 6) is -0.570. The van der Waals surface area contributed by atoms with Crippen LogP contribution in [0.3, 0.4) is 0 Å². The van der Waals surface area contributed by atoms with Crippen LogP contribution >= 0.6 is 0 Å². The van der Waals surface area contributed by atoms with Gasteiger partial charge in [0, 0.05) is 41.9 Å². The van der Waals surface area contributed by atoms with E-state index < -0.39 is 0 Å². The minimum Gasteiger partial charge on any atom is -0.507 e. The van der Waals surface area contributed by atoms with Crippen molar-refractivity contribution < 1.29 is 15.0 Å². The van der Waals surface area contributed by atoms with Gasteiger partial charge in [0.2, 0.25) is 5.91 Å². The molecule has 7 heteroatoms. The van der Waals surface area contributed by atoms with Gasteiger partial charge in [-0.05, 0) is 16.7 Å². The van der Waals surface area contributed by atoms with Crippen LogP contribution in [0.4, 0.5) is 5.69 Å². The molecule has 0 spiro atoms. The third-order valence-electron chi connectivity index (χ3n) is 5.91. The maximum absolute atomic E-state index is 12.9. The van der Waals surface area contributed by atoms with Crippen molar-refractivity contribution in [3.63, 3.8) is 0 Å². The Labute approximate surface area is 215 Å². The number of aromatic hydroxyl groups is 2. The van der Waals surface area contributed by atoms with Gasteiger partial charge in [0.25, 0.3) is 0 Å². The molecule has 0 saturated heterocycles. The summed E-state index contributed by atoms with van der Waals surface area (Å²) in [5, 5.41) is 32.4. The van der Waals surface area contributed by atoms with Crippen molar-refractivity contribution in [1.29, 1.82) is 5.41 Å². The van der Waals surface area contributed by atoms with Crippen LogP contribution in [0.5, 0.6) is 11.5 Å². The third kappa shape index (κ3) is 6.41. The monoisotopic (exact) mass is 492 g/mol. The van der Waals surface area contributed by atoms with Crippen molar-refractivity contribution in [2.24, 2.45) is 10.7 Å². The lowest BCUT2D eigenvalue weighted by Crippen LogP contribution is -2.25. The molecule has 4 aromatic carbocycles. The zero-order valence-corrected chi connectivity index (χ0v) is 20.2. The van der Waals surface area contributed by atoms with Crippen molar-refractivity contribution in [1.82, 2.24) is 5.32 Å². The molecule has 0 bridgehead atoms. The fraction of sp³-hybridized carbons (Fsp3) is 0.100. The molecule has 0 saturated carbocycles. The summed E-state index contributed by atoms with van der Waals surface area (Å²) in [6, 6.07) is 27.3. The molecule has 0 heterocycles. The number of aliphatic imine (C=N–C) groups is 1. The Morgan fingerprint density at radius 1 is 0.919 bits per heavy atom. The minimum atomic E-state index is -0.326. The molecule has 37 heavy (non-hydrogen) atoms. The number of carbonyl (C=O) groups is 1. The number of hydrogen-bond donors (Lipinski definition) is 5. The van der Waals surface area contributed by atoms with Gasteiger partial charge in [-0.1, -0.05) is 84.9 Å². The van der Waals surface area contributed by atoms with Crippen LogP contribution in [-0.4, -0.2) is 28.2 Å². The molecule has 6 N–H and O–H groups in total. The van der Waals surface area contributed by atoms with E-state index >= 15 is 0 Å². The molecule has 4 rings (SSSR count). The molecule has 0 aromatic heterocycles. The largest absolute Gasteiger partial charge is 0.507 e. The number of benzene rings is 4.